The van der Waals surface area contributed by atoms with Gasteiger partial charge < -0.3 is 9.84 Å². The van der Waals surface area contributed by atoms with E-state index in [-0.39, 0.29) is 18.8 Å². The van der Waals surface area contributed by atoms with E-state index in [4.69, 9.17) is 4.74 Å². The van der Waals surface area contributed by atoms with Crippen LogP contribution in [0.15, 0.2) is 18.2 Å². The molecule has 1 atom stereocenters. The van der Waals surface area contributed by atoms with Crippen LogP contribution < -0.4 is 9.64 Å². The van der Waals surface area contributed by atoms with Gasteiger partial charge in [0.05, 0.1) is 5.69 Å². The number of carboxylic acid groups (broad SMARTS) is 1. The Morgan fingerprint density at radius 1 is 1.38 bits per heavy atom. The van der Waals surface area contributed by atoms with E-state index in [1.54, 1.807) is 26.0 Å². The predicted octanol–water partition coefficient (Wildman–Crippen LogP) is 1.87. The molecule has 0 saturated heterocycles. The molecule has 1 N–H and O–H groups in total. The van der Waals surface area contributed by atoms with Crippen LogP contribution in [-0.2, 0) is 9.59 Å². The van der Waals surface area contributed by atoms with E-state index in [0.29, 0.717) is 23.4 Å². The van der Waals surface area contributed by atoms with Crippen LogP contribution in [0.4, 0.5) is 5.69 Å². The molecular formula is C15H17NO5. The fourth-order valence-electron chi connectivity index (χ4n) is 2.36. The second kappa shape index (κ2) is 5.95. The number of anilines is 1. The van der Waals surface area contributed by atoms with E-state index in [1.807, 2.05) is 0 Å². The number of fused-ring (bicyclic) bond motifs is 1. The normalized spacial score (nSPS) is 15.1. The number of carbonyl (C=O) groups is 3. The van der Waals surface area contributed by atoms with E-state index in [2.05, 4.69) is 0 Å². The molecule has 0 spiro atoms. The molecular weight excluding hydrogens is 274 g/mol. The fourth-order valence-corrected chi connectivity index (χ4v) is 2.36. The van der Waals surface area contributed by atoms with E-state index in [9.17, 15) is 19.5 Å². The Balaban J connectivity index is 2.52. The van der Waals surface area contributed by atoms with Crippen molar-refractivity contribution >= 4 is 23.3 Å². The molecule has 0 aromatic heterocycles. The molecule has 0 saturated carbocycles. The van der Waals surface area contributed by atoms with E-state index in [1.165, 1.54) is 11.0 Å². The van der Waals surface area contributed by atoms with E-state index >= 15 is 0 Å². The number of aliphatic carboxylic acids is 1. The zero-order chi connectivity index (χ0) is 15.6. The average molecular weight is 291 g/mol. The van der Waals surface area contributed by atoms with Crippen LogP contribution >= 0.6 is 0 Å². The molecule has 0 aliphatic carbocycles. The first-order valence-electron chi connectivity index (χ1n) is 6.84. The second-order valence-electron chi connectivity index (χ2n) is 4.77. The quantitative estimate of drug-likeness (QED) is 0.837. The number of benzene rings is 1. The van der Waals surface area contributed by atoms with Gasteiger partial charge in [0.2, 0.25) is 0 Å². The number of hydrogen-bond donors (Lipinski definition) is 1. The van der Waals surface area contributed by atoms with Crippen LogP contribution in [-0.4, -0.2) is 35.4 Å². The first kappa shape index (κ1) is 15.0. The third kappa shape index (κ3) is 2.74. The van der Waals surface area contributed by atoms with Gasteiger partial charge in [0.25, 0.3) is 5.91 Å². The summed E-state index contributed by atoms with van der Waals surface area (Å²) in [6, 6.07) is 3.79. The lowest BCUT2D eigenvalue weighted by Gasteiger charge is -2.33. The highest BCUT2D eigenvalue weighted by molar-refractivity contribution is 6.04. The summed E-state index contributed by atoms with van der Waals surface area (Å²) in [7, 11) is 0. The third-order valence-corrected chi connectivity index (χ3v) is 3.46. The molecule has 0 fully saturated rings. The number of hydrogen-bond acceptors (Lipinski definition) is 4. The number of ketones is 1. The SMILES string of the molecule is CCC(=O)c1ccc2c(c1)N(C(CC)C(=O)O)C(=O)CO2. The van der Waals surface area contributed by atoms with Crippen molar-refractivity contribution in [3.63, 3.8) is 0 Å². The molecule has 112 valence electrons. The van der Waals surface area contributed by atoms with Gasteiger partial charge in [0.15, 0.2) is 12.4 Å². The minimum Gasteiger partial charge on any atom is -0.482 e. The molecule has 1 aliphatic heterocycles. The Kier molecular flexibility index (Phi) is 4.26. The Morgan fingerprint density at radius 3 is 2.67 bits per heavy atom. The summed E-state index contributed by atoms with van der Waals surface area (Å²) in [6.07, 6.45) is 0.607. The predicted molar refractivity (Wildman–Crippen MR) is 75.8 cm³/mol. The van der Waals surface area contributed by atoms with Gasteiger partial charge in [-0.25, -0.2) is 4.79 Å². The van der Waals surface area contributed by atoms with Crippen LogP contribution in [0.5, 0.6) is 5.75 Å². The van der Waals surface area contributed by atoms with Crippen molar-refractivity contribution in [3.05, 3.63) is 23.8 Å². The van der Waals surface area contributed by atoms with Gasteiger partial charge in [-0.05, 0) is 24.6 Å². The largest absolute Gasteiger partial charge is 0.482 e. The van der Waals surface area contributed by atoms with E-state index in [0.717, 1.165) is 0 Å². The zero-order valence-electron chi connectivity index (χ0n) is 12.0. The smallest absolute Gasteiger partial charge is 0.326 e. The van der Waals surface area contributed by atoms with Crippen molar-refractivity contribution in [3.8, 4) is 5.75 Å². The summed E-state index contributed by atoms with van der Waals surface area (Å²) in [5, 5.41) is 9.29. The first-order chi connectivity index (χ1) is 9.99. The lowest BCUT2D eigenvalue weighted by molar-refractivity contribution is -0.140. The van der Waals surface area contributed by atoms with Crippen LogP contribution in [0.25, 0.3) is 0 Å². The average Bonchev–Trinajstić information content (AvgIpc) is 2.48. The van der Waals surface area contributed by atoms with Gasteiger partial charge in [0.1, 0.15) is 11.8 Å². The fraction of sp³-hybridized carbons (Fsp3) is 0.400. The molecule has 6 nitrogen and oxygen atoms in total. The van der Waals surface area contributed by atoms with Gasteiger partial charge >= 0.3 is 5.97 Å². The van der Waals surface area contributed by atoms with Crippen molar-refractivity contribution in [1.82, 2.24) is 0 Å². The minimum absolute atomic E-state index is 0.0702. The molecule has 0 bridgehead atoms. The van der Waals surface area contributed by atoms with Crippen LogP contribution in [0, 0.1) is 0 Å². The summed E-state index contributed by atoms with van der Waals surface area (Å²) in [4.78, 5) is 36.4. The summed E-state index contributed by atoms with van der Waals surface area (Å²) in [5.41, 5.74) is 0.791. The van der Waals surface area contributed by atoms with Crippen molar-refractivity contribution < 1.29 is 24.2 Å². The molecule has 1 aromatic rings. The van der Waals surface area contributed by atoms with Crippen molar-refractivity contribution in [2.24, 2.45) is 0 Å². The Bertz CT molecular complexity index is 596. The molecule has 1 heterocycles. The topological polar surface area (TPSA) is 83.9 Å². The maximum Gasteiger partial charge on any atom is 0.326 e. The van der Waals surface area contributed by atoms with Crippen LogP contribution in [0.2, 0.25) is 0 Å². The van der Waals surface area contributed by atoms with Gasteiger partial charge in [0, 0.05) is 12.0 Å². The lowest BCUT2D eigenvalue weighted by atomic mass is 10.0. The van der Waals surface area contributed by atoms with Gasteiger partial charge in [-0.2, -0.15) is 0 Å². The standard InChI is InChI=1S/C15H17NO5/c1-3-10(15(19)20)16-11-7-9(12(17)4-2)5-6-13(11)21-8-14(16)18/h5-7,10H,3-4,8H2,1-2H3,(H,19,20). The van der Waals surface area contributed by atoms with Crippen molar-refractivity contribution in [1.29, 1.82) is 0 Å². The van der Waals surface area contributed by atoms with Gasteiger partial charge in [-0.3, -0.25) is 14.5 Å². The molecule has 21 heavy (non-hydrogen) atoms. The Labute approximate surface area is 122 Å². The van der Waals surface area contributed by atoms with Gasteiger partial charge in [-0.1, -0.05) is 13.8 Å². The Hall–Kier alpha value is -2.37. The summed E-state index contributed by atoms with van der Waals surface area (Å²) in [6.45, 7) is 3.24. The highest BCUT2D eigenvalue weighted by Crippen LogP contribution is 2.35. The minimum atomic E-state index is -1.08. The highest BCUT2D eigenvalue weighted by Gasteiger charge is 2.35. The molecule has 1 amide bonds. The third-order valence-electron chi connectivity index (χ3n) is 3.46. The number of ether oxygens (including phenoxy) is 1. The summed E-state index contributed by atoms with van der Waals surface area (Å²) >= 11 is 0. The number of carbonyl (C=O) groups excluding carboxylic acids is 2. The molecule has 0 radical (unpaired) electrons. The molecule has 2 rings (SSSR count). The monoisotopic (exact) mass is 291 g/mol. The van der Waals surface area contributed by atoms with Gasteiger partial charge in [-0.15, -0.1) is 0 Å². The highest BCUT2D eigenvalue weighted by atomic mass is 16.5. The molecule has 6 heteroatoms. The first-order valence-corrected chi connectivity index (χ1v) is 6.84. The van der Waals surface area contributed by atoms with E-state index < -0.39 is 17.9 Å². The van der Waals surface area contributed by atoms with Crippen molar-refractivity contribution in [2.45, 2.75) is 32.7 Å². The number of Topliss-reactive ketones (excluding diaryl/α,β-unsaturated/α-hetero) is 1. The zero-order valence-corrected chi connectivity index (χ0v) is 12.0. The van der Waals surface area contributed by atoms with Crippen LogP contribution in [0.3, 0.4) is 0 Å². The Morgan fingerprint density at radius 2 is 2.10 bits per heavy atom. The van der Waals surface area contributed by atoms with Crippen LogP contribution in [0.1, 0.15) is 37.0 Å². The maximum absolute atomic E-state index is 12.1. The number of nitrogens with zero attached hydrogens (tertiary/aromatic N) is 1. The summed E-state index contributed by atoms with van der Waals surface area (Å²) < 4.78 is 5.31. The number of amides is 1. The molecule has 1 unspecified atom stereocenters. The number of rotatable bonds is 5. The maximum atomic E-state index is 12.1. The number of carboxylic acids is 1. The second-order valence-corrected chi connectivity index (χ2v) is 4.77. The lowest BCUT2D eigenvalue weighted by Crippen LogP contribution is -2.49. The summed E-state index contributed by atoms with van der Waals surface area (Å²) in [5.74, 6) is -1.15. The molecule has 1 aliphatic rings. The van der Waals surface area contributed by atoms with Crippen molar-refractivity contribution in [2.75, 3.05) is 11.5 Å². The molecule has 1 aromatic carbocycles.